The zero-order chi connectivity index (χ0) is 18.4. The fraction of sp³-hybridized carbons (Fsp3) is 0.381. The van der Waals surface area contributed by atoms with Crippen molar-refractivity contribution in [1.29, 1.82) is 0 Å². The van der Waals surface area contributed by atoms with E-state index in [2.05, 4.69) is 45.9 Å². The van der Waals surface area contributed by atoms with Gasteiger partial charge in [-0.3, -0.25) is 0 Å². The molecular formula is C21H27NO2S. The lowest BCUT2D eigenvalue weighted by atomic mass is 9.85. The molecule has 0 fully saturated rings. The normalized spacial score (nSPS) is 11.2. The molecule has 0 aliphatic rings. The average molecular weight is 358 g/mol. The van der Waals surface area contributed by atoms with E-state index in [0.29, 0.717) is 24.0 Å². The summed E-state index contributed by atoms with van der Waals surface area (Å²) in [5, 5.41) is 0. The van der Waals surface area contributed by atoms with Crippen molar-refractivity contribution in [1.82, 2.24) is 0 Å². The Kier molecular flexibility index (Phi) is 6.43. The molecule has 4 heteroatoms. The first-order valence-electron chi connectivity index (χ1n) is 8.60. The summed E-state index contributed by atoms with van der Waals surface area (Å²) in [4.78, 5) is 0.335. The van der Waals surface area contributed by atoms with Crippen molar-refractivity contribution in [2.24, 2.45) is 5.73 Å². The summed E-state index contributed by atoms with van der Waals surface area (Å²) >= 11 is 5.05. The topological polar surface area (TPSA) is 44.5 Å². The molecule has 3 nitrogen and oxygen atoms in total. The van der Waals surface area contributed by atoms with E-state index in [1.165, 1.54) is 11.1 Å². The molecule has 0 spiro atoms. The molecule has 25 heavy (non-hydrogen) atoms. The molecule has 0 radical (unpaired) electrons. The second kappa shape index (κ2) is 8.34. The summed E-state index contributed by atoms with van der Waals surface area (Å²) in [5.41, 5.74) is 9.04. The summed E-state index contributed by atoms with van der Waals surface area (Å²) in [6.07, 6.45) is 1.02. The van der Waals surface area contributed by atoms with E-state index < -0.39 is 0 Å². The Labute approximate surface area is 156 Å². The van der Waals surface area contributed by atoms with Crippen molar-refractivity contribution >= 4 is 17.2 Å². The van der Waals surface area contributed by atoms with Gasteiger partial charge in [0.15, 0.2) is 0 Å². The summed E-state index contributed by atoms with van der Waals surface area (Å²) in [6, 6.07) is 13.9. The van der Waals surface area contributed by atoms with Gasteiger partial charge in [-0.15, -0.1) is 0 Å². The highest BCUT2D eigenvalue weighted by Crippen LogP contribution is 2.32. The van der Waals surface area contributed by atoms with Crippen molar-refractivity contribution in [2.75, 3.05) is 13.2 Å². The molecule has 134 valence electrons. The number of ether oxygens (including phenoxy) is 2. The van der Waals surface area contributed by atoms with Gasteiger partial charge in [0.1, 0.15) is 29.7 Å². The lowest BCUT2D eigenvalue weighted by Gasteiger charge is -2.24. The van der Waals surface area contributed by atoms with Crippen molar-refractivity contribution < 1.29 is 9.47 Å². The minimum atomic E-state index is 0.0275. The molecule has 0 amide bonds. The number of benzene rings is 2. The number of rotatable bonds is 7. The van der Waals surface area contributed by atoms with Crippen LogP contribution in [0.15, 0.2) is 42.5 Å². The van der Waals surface area contributed by atoms with Crippen LogP contribution in [0.4, 0.5) is 0 Å². The summed E-state index contributed by atoms with van der Waals surface area (Å²) in [7, 11) is 0. The minimum absolute atomic E-state index is 0.0275. The fourth-order valence-electron chi connectivity index (χ4n) is 2.61. The highest BCUT2D eigenvalue weighted by molar-refractivity contribution is 7.80. The van der Waals surface area contributed by atoms with E-state index >= 15 is 0 Å². The average Bonchev–Trinajstić information content (AvgIpc) is 2.58. The predicted molar refractivity (Wildman–Crippen MR) is 108 cm³/mol. The van der Waals surface area contributed by atoms with Crippen LogP contribution in [-0.4, -0.2) is 18.2 Å². The minimum Gasteiger partial charge on any atom is -0.490 e. The van der Waals surface area contributed by atoms with E-state index in [1.807, 2.05) is 24.3 Å². The number of thiocarbonyl (C=S) groups is 1. The highest BCUT2D eigenvalue weighted by atomic mass is 32.1. The first-order chi connectivity index (χ1) is 11.8. The van der Waals surface area contributed by atoms with Gasteiger partial charge in [0.25, 0.3) is 0 Å². The maximum atomic E-state index is 6.00. The standard InChI is InChI=1S/C21H27NO2S/c1-5-15-10-11-19(17(14-15)21(2,3)4)24-13-12-23-18-9-7-6-8-16(18)20(22)25/h6-11,14H,5,12-13H2,1-4H3,(H2,22,25). The van der Waals surface area contributed by atoms with E-state index in [1.54, 1.807) is 0 Å². The van der Waals surface area contributed by atoms with Crippen molar-refractivity contribution in [3.63, 3.8) is 0 Å². The molecule has 0 heterocycles. The van der Waals surface area contributed by atoms with Crippen LogP contribution in [0.2, 0.25) is 0 Å². The second-order valence-corrected chi connectivity index (χ2v) is 7.43. The van der Waals surface area contributed by atoms with Gasteiger partial charge >= 0.3 is 0 Å². The van der Waals surface area contributed by atoms with Gasteiger partial charge < -0.3 is 15.2 Å². The SMILES string of the molecule is CCc1ccc(OCCOc2ccccc2C(N)=S)c(C(C)(C)C)c1. The number of hydrogen-bond acceptors (Lipinski definition) is 3. The molecule has 0 unspecified atom stereocenters. The zero-order valence-corrected chi connectivity index (χ0v) is 16.3. The number of hydrogen-bond donors (Lipinski definition) is 1. The van der Waals surface area contributed by atoms with Crippen LogP contribution in [0.1, 0.15) is 44.4 Å². The van der Waals surface area contributed by atoms with Gasteiger partial charge in [0.05, 0.1) is 5.56 Å². The quantitative estimate of drug-likeness (QED) is 0.579. The third-order valence-electron chi connectivity index (χ3n) is 4.01. The van der Waals surface area contributed by atoms with Gasteiger partial charge in [-0.25, -0.2) is 0 Å². The lowest BCUT2D eigenvalue weighted by molar-refractivity contribution is 0.214. The molecule has 2 aromatic rings. The van der Waals surface area contributed by atoms with Crippen molar-refractivity contribution in [3.8, 4) is 11.5 Å². The molecule has 0 aliphatic carbocycles. The maximum Gasteiger partial charge on any atom is 0.129 e. The van der Waals surface area contributed by atoms with Gasteiger partial charge in [0.2, 0.25) is 0 Å². The van der Waals surface area contributed by atoms with E-state index in [9.17, 15) is 0 Å². The maximum absolute atomic E-state index is 6.00. The molecular weight excluding hydrogens is 330 g/mol. The van der Waals surface area contributed by atoms with E-state index in [0.717, 1.165) is 17.7 Å². The van der Waals surface area contributed by atoms with Crippen LogP contribution in [0.5, 0.6) is 11.5 Å². The number of aryl methyl sites for hydroxylation is 1. The largest absolute Gasteiger partial charge is 0.490 e. The predicted octanol–water partition coefficient (Wildman–Crippen LogP) is 4.64. The van der Waals surface area contributed by atoms with Gasteiger partial charge in [-0.05, 0) is 41.2 Å². The third-order valence-corrected chi connectivity index (χ3v) is 4.23. The van der Waals surface area contributed by atoms with Crippen LogP contribution in [0, 0.1) is 0 Å². The first-order valence-corrected chi connectivity index (χ1v) is 9.01. The van der Waals surface area contributed by atoms with Gasteiger partial charge in [-0.2, -0.15) is 0 Å². The Morgan fingerprint density at radius 1 is 1.00 bits per heavy atom. The number of nitrogens with two attached hydrogens (primary N) is 1. The Morgan fingerprint density at radius 2 is 1.64 bits per heavy atom. The Morgan fingerprint density at radius 3 is 2.24 bits per heavy atom. The molecule has 0 atom stereocenters. The van der Waals surface area contributed by atoms with Crippen molar-refractivity contribution in [2.45, 2.75) is 39.5 Å². The van der Waals surface area contributed by atoms with Crippen LogP contribution in [0.3, 0.4) is 0 Å². The third kappa shape index (κ3) is 5.20. The molecule has 2 rings (SSSR count). The summed E-state index contributed by atoms with van der Waals surface area (Å²) in [5.74, 6) is 1.60. The van der Waals surface area contributed by atoms with Crippen molar-refractivity contribution in [3.05, 3.63) is 59.2 Å². The lowest BCUT2D eigenvalue weighted by Crippen LogP contribution is -2.17. The van der Waals surface area contributed by atoms with E-state index in [4.69, 9.17) is 27.4 Å². The van der Waals surface area contributed by atoms with Gasteiger partial charge in [0, 0.05) is 0 Å². The molecule has 2 N–H and O–H groups in total. The second-order valence-electron chi connectivity index (χ2n) is 6.99. The molecule has 0 aliphatic heterocycles. The molecule has 2 aromatic carbocycles. The Hall–Kier alpha value is -2.07. The molecule has 0 saturated carbocycles. The monoisotopic (exact) mass is 357 g/mol. The summed E-state index contributed by atoms with van der Waals surface area (Å²) in [6.45, 7) is 9.64. The van der Waals surface area contributed by atoms with Crippen LogP contribution < -0.4 is 15.2 Å². The fourth-order valence-corrected chi connectivity index (χ4v) is 2.78. The van der Waals surface area contributed by atoms with Crippen LogP contribution in [0.25, 0.3) is 0 Å². The van der Waals surface area contributed by atoms with Crippen LogP contribution in [-0.2, 0) is 11.8 Å². The molecule has 0 saturated heterocycles. The Bertz CT molecular complexity index is 735. The smallest absolute Gasteiger partial charge is 0.129 e. The van der Waals surface area contributed by atoms with Crippen LogP contribution >= 0.6 is 12.2 Å². The highest BCUT2D eigenvalue weighted by Gasteiger charge is 2.19. The molecule has 0 bridgehead atoms. The van der Waals surface area contributed by atoms with Gasteiger partial charge in [-0.1, -0.05) is 64.2 Å². The number of para-hydroxylation sites is 1. The summed E-state index contributed by atoms with van der Waals surface area (Å²) < 4.78 is 11.8. The first kappa shape index (κ1) is 19.3. The zero-order valence-electron chi connectivity index (χ0n) is 15.5. The van der Waals surface area contributed by atoms with E-state index in [-0.39, 0.29) is 5.41 Å². The Balaban J connectivity index is 2.02. The molecule has 0 aromatic heterocycles.